The lowest BCUT2D eigenvalue weighted by molar-refractivity contribution is 0.293. The van der Waals surface area contributed by atoms with Crippen LogP contribution in [-0.4, -0.2) is 16.5 Å². The van der Waals surface area contributed by atoms with E-state index in [1.54, 1.807) is 6.07 Å². The maximum absolute atomic E-state index is 13.0. The van der Waals surface area contributed by atoms with E-state index in [0.29, 0.717) is 16.0 Å². The van der Waals surface area contributed by atoms with Crippen LogP contribution >= 0.6 is 15.9 Å². The largest absolute Gasteiger partial charge is 0.484 e. The summed E-state index contributed by atoms with van der Waals surface area (Å²) in [6, 6.07) is 6.15. The van der Waals surface area contributed by atoms with E-state index in [0.717, 1.165) is 18.1 Å². The standard InChI is InChI=1S/C14H15BrFN3O/c1-3-17-13-6-9(2)18-14(19-13)8-20-12-5-4-10(16)7-11(12)15/h4-7H,3,8H2,1-2H3,(H,17,18,19). The summed E-state index contributed by atoms with van der Waals surface area (Å²) in [7, 11) is 0. The SMILES string of the molecule is CCNc1cc(C)nc(COc2ccc(F)cc2Br)n1. The van der Waals surface area contributed by atoms with Gasteiger partial charge < -0.3 is 10.1 Å². The lowest BCUT2D eigenvalue weighted by Crippen LogP contribution is -2.07. The Labute approximate surface area is 125 Å². The van der Waals surface area contributed by atoms with Crippen LogP contribution in [0.15, 0.2) is 28.7 Å². The van der Waals surface area contributed by atoms with Gasteiger partial charge in [0.15, 0.2) is 5.82 Å². The summed E-state index contributed by atoms with van der Waals surface area (Å²) in [5, 5.41) is 3.14. The van der Waals surface area contributed by atoms with Crippen molar-refractivity contribution in [3.8, 4) is 5.75 Å². The first-order valence-electron chi connectivity index (χ1n) is 6.24. The molecule has 1 heterocycles. The number of halogens is 2. The van der Waals surface area contributed by atoms with Crippen molar-refractivity contribution in [1.82, 2.24) is 9.97 Å². The van der Waals surface area contributed by atoms with Crippen LogP contribution in [0.3, 0.4) is 0 Å². The van der Waals surface area contributed by atoms with E-state index in [1.165, 1.54) is 12.1 Å². The zero-order chi connectivity index (χ0) is 14.5. The average Bonchev–Trinajstić information content (AvgIpc) is 2.37. The van der Waals surface area contributed by atoms with Gasteiger partial charge in [0.25, 0.3) is 0 Å². The highest BCUT2D eigenvalue weighted by atomic mass is 79.9. The molecule has 0 saturated heterocycles. The summed E-state index contributed by atoms with van der Waals surface area (Å²) in [6.07, 6.45) is 0. The summed E-state index contributed by atoms with van der Waals surface area (Å²) in [5.74, 6) is 1.60. The van der Waals surface area contributed by atoms with Crippen molar-refractivity contribution >= 4 is 21.7 Å². The van der Waals surface area contributed by atoms with Gasteiger partial charge in [-0.3, -0.25) is 0 Å². The predicted molar refractivity (Wildman–Crippen MR) is 79.4 cm³/mol. The fraction of sp³-hybridized carbons (Fsp3) is 0.286. The van der Waals surface area contributed by atoms with E-state index in [-0.39, 0.29) is 12.4 Å². The molecule has 1 aromatic heterocycles. The number of benzene rings is 1. The van der Waals surface area contributed by atoms with E-state index in [9.17, 15) is 4.39 Å². The molecule has 106 valence electrons. The highest BCUT2D eigenvalue weighted by Gasteiger charge is 2.06. The Morgan fingerprint density at radius 3 is 2.80 bits per heavy atom. The number of nitrogens with zero attached hydrogens (tertiary/aromatic N) is 2. The number of anilines is 1. The molecule has 0 atom stereocenters. The van der Waals surface area contributed by atoms with Gasteiger partial charge in [-0.2, -0.15) is 0 Å². The molecule has 4 nitrogen and oxygen atoms in total. The topological polar surface area (TPSA) is 47.0 Å². The zero-order valence-corrected chi connectivity index (χ0v) is 12.9. The smallest absolute Gasteiger partial charge is 0.168 e. The molecule has 0 aliphatic rings. The minimum absolute atomic E-state index is 0.226. The number of aryl methyl sites for hydroxylation is 1. The van der Waals surface area contributed by atoms with Crippen LogP contribution < -0.4 is 10.1 Å². The van der Waals surface area contributed by atoms with Gasteiger partial charge in [0.2, 0.25) is 0 Å². The lowest BCUT2D eigenvalue weighted by Gasteiger charge is -2.09. The molecule has 0 unspecified atom stereocenters. The van der Waals surface area contributed by atoms with Crippen LogP contribution in [0.1, 0.15) is 18.4 Å². The first-order valence-corrected chi connectivity index (χ1v) is 7.04. The second kappa shape index (κ2) is 6.65. The van der Waals surface area contributed by atoms with Crippen LogP contribution in [0.5, 0.6) is 5.75 Å². The molecule has 0 saturated carbocycles. The molecule has 2 aromatic rings. The molecule has 0 aliphatic heterocycles. The van der Waals surface area contributed by atoms with Crippen LogP contribution in [0.25, 0.3) is 0 Å². The Balaban J connectivity index is 2.10. The normalized spacial score (nSPS) is 10.4. The van der Waals surface area contributed by atoms with E-state index in [1.807, 2.05) is 19.9 Å². The summed E-state index contributed by atoms with van der Waals surface area (Å²) in [6.45, 7) is 4.92. The number of ether oxygens (including phenoxy) is 1. The number of aromatic nitrogens is 2. The fourth-order valence-corrected chi connectivity index (χ4v) is 2.17. The van der Waals surface area contributed by atoms with Gasteiger partial charge in [-0.25, -0.2) is 14.4 Å². The maximum atomic E-state index is 13.0. The highest BCUT2D eigenvalue weighted by Crippen LogP contribution is 2.26. The molecule has 2 rings (SSSR count). The molecule has 6 heteroatoms. The van der Waals surface area contributed by atoms with Gasteiger partial charge in [0.1, 0.15) is 24.0 Å². The van der Waals surface area contributed by atoms with E-state index < -0.39 is 0 Å². The molecule has 0 aliphatic carbocycles. The first-order chi connectivity index (χ1) is 9.58. The highest BCUT2D eigenvalue weighted by molar-refractivity contribution is 9.10. The summed E-state index contributed by atoms with van der Waals surface area (Å²) in [5.41, 5.74) is 0.868. The van der Waals surface area contributed by atoms with Gasteiger partial charge in [-0.05, 0) is 48.0 Å². The Bertz CT molecular complexity index is 607. The van der Waals surface area contributed by atoms with Crippen molar-refractivity contribution in [2.75, 3.05) is 11.9 Å². The molecular weight excluding hydrogens is 325 g/mol. The molecule has 1 N–H and O–H groups in total. The Hall–Kier alpha value is -1.69. The van der Waals surface area contributed by atoms with Gasteiger partial charge in [-0.15, -0.1) is 0 Å². The lowest BCUT2D eigenvalue weighted by atomic mass is 10.3. The fourth-order valence-electron chi connectivity index (χ4n) is 1.70. The van der Waals surface area contributed by atoms with Gasteiger partial charge in [0.05, 0.1) is 4.47 Å². The monoisotopic (exact) mass is 339 g/mol. The minimum Gasteiger partial charge on any atom is -0.484 e. The zero-order valence-electron chi connectivity index (χ0n) is 11.3. The summed E-state index contributed by atoms with van der Waals surface area (Å²) < 4.78 is 19.1. The van der Waals surface area contributed by atoms with Crippen molar-refractivity contribution in [3.63, 3.8) is 0 Å². The Kier molecular flexibility index (Phi) is 4.89. The number of hydrogen-bond donors (Lipinski definition) is 1. The number of hydrogen-bond acceptors (Lipinski definition) is 4. The van der Waals surface area contributed by atoms with Crippen molar-refractivity contribution in [1.29, 1.82) is 0 Å². The molecule has 0 bridgehead atoms. The van der Waals surface area contributed by atoms with Gasteiger partial charge >= 0.3 is 0 Å². The maximum Gasteiger partial charge on any atom is 0.168 e. The van der Waals surface area contributed by atoms with Gasteiger partial charge in [-0.1, -0.05) is 0 Å². The third-order valence-corrected chi connectivity index (χ3v) is 3.13. The van der Waals surface area contributed by atoms with Crippen molar-refractivity contribution in [2.24, 2.45) is 0 Å². The molecule has 1 aromatic carbocycles. The van der Waals surface area contributed by atoms with Crippen LogP contribution in [-0.2, 0) is 6.61 Å². The molecular formula is C14H15BrFN3O. The molecule has 0 radical (unpaired) electrons. The second-order valence-electron chi connectivity index (χ2n) is 4.20. The molecule has 0 amide bonds. The number of rotatable bonds is 5. The van der Waals surface area contributed by atoms with Crippen LogP contribution in [0, 0.1) is 12.7 Å². The summed E-state index contributed by atoms with van der Waals surface area (Å²) in [4.78, 5) is 8.66. The van der Waals surface area contributed by atoms with Crippen molar-refractivity contribution < 1.29 is 9.13 Å². The van der Waals surface area contributed by atoms with E-state index in [2.05, 4.69) is 31.2 Å². The third kappa shape index (κ3) is 3.90. The minimum atomic E-state index is -0.314. The van der Waals surface area contributed by atoms with Gasteiger partial charge in [0, 0.05) is 18.3 Å². The Morgan fingerprint density at radius 1 is 1.30 bits per heavy atom. The van der Waals surface area contributed by atoms with E-state index >= 15 is 0 Å². The second-order valence-corrected chi connectivity index (χ2v) is 5.06. The van der Waals surface area contributed by atoms with Crippen LogP contribution in [0.4, 0.5) is 10.2 Å². The first kappa shape index (κ1) is 14.7. The molecule has 0 fully saturated rings. The quantitative estimate of drug-likeness (QED) is 0.902. The van der Waals surface area contributed by atoms with E-state index in [4.69, 9.17) is 4.74 Å². The molecule has 20 heavy (non-hydrogen) atoms. The predicted octanol–water partition coefficient (Wildman–Crippen LogP) is 3.70. The van der Waals surface area contributed by atoms with Crippen molar-refractivity contribution in [2.45, 2.75) is 20.5 Å². The van der Waals surface area contributed by atoms with Crippen LogP contribution in [0.2, 0.25) is 0 Å². The Morgan fingerprint density at radius 2 is 2.10 bits per heavy atom. The average molecular weight is 340 g/mol. The van der Waals surface area contributed by atoms with Crippen molar-refractivity contribution in [3.05, 3.63) is 46.1 Å². The number of nitrogens with one attached hydrogen (secondary N) is 1. The molecule has 0 spiro atoms. The third-order valence-electron chi connectivity index (χ3n) is 2.51. The summed E-state index contributed by atoms with van der Waals surface area (Å²) >= 11 is 3.26.